The van der Waals surface area contributed by atoms with E-state index in [1.54, 1.807) is 0 Å². The summed E-state index contributed by atoms with van der Waals surface area (Å²) < 4.78 is 28.1. The summed E-state index contributed by atoms with van der Waals surface area (Å²) in [6.45, 7) is 0.419. The van der Waals surface area contributed by atoms with Gasteiger partial charge in [0, 0.05) is 6.54 Å². The van der Waals surface area contributed by atoms with Crippen LogP contribution in [0.25, 0.3) is 0 Å². The fourth-order valence-corrected chi connectivity index (χ4v) is 3.51. The molecule has 1 unspecified atom stereocenters. The second-order valence-corrected chi connectivity index (χ2v) is 7.10. The molecule has 15 heavy (non-hydrogen) atoms. The molecule has 5 nitrogen and oxygen atoms in total. The average molecular weight is 267 g/mol. The second kappa shape index (κ2) is 4.00. The molecule has 0 aromatic carbocycles. The van der Waals surface area contributed by atoms with Gasteiger partial charge in [-0.15, -0.1) is 0 Å². The minimum Gasteiger partial charge on any atom is -0.356 e. The van der Waals surface area contributed by atoms with E-state index in [-0.39, 0.29) is 24.8 Å². The predicted molar refractivity (Wildman–Crippen MR) is 60.3 cm³/mol. The van der Waals surface area contributed by atoms with E-state index in [2.05, 4.69) is 0 Å². The van der Waals surface area contributed by atoms with Crippen LogP contribution in [0.1, 0.15) is 0 Å². The van der Waals surface area contributed by atoms with Crippen LogP contribution in [0.15, 0.2) is 0 Å². The van der Waals surface area contributed by atoms with Gasteiger partial charge in [-0.2, -0.15) is 0 Å². The molecule has 1 amide bonds. The molecule has 0 N–H and O–H groups in total. The highest BCUT2D eigenvalue weighted by molar-refractivity contribution is 8.23. The number of carbonyl (C=O) groups is 1. The summed E-state index contributed by atoms with van der Waals surface area (Å²) >= 11 is 6.20. The first-order valence-corrected chi connectivity index (χ1v) is 7.42. The molecule has 2 saturated heterocycles. The fourth-order valence-electron chi connectivity index (χ4n) is 1.19. The molecular weight excluding hydrogens is 258 g/mol. The zero-order chi connectivity index (χ0) is 11.1. The van der Waals surface area contributed by atoms with Crippen LogP contribution in [0, 0.1) is 0 Å². The summed E-state index contributed by atoms with van der Waals surface area (Å²) in [6.07, 6.45) is 0. The Morgan fingerprint density at radius 3 is 2.73 bits per heavy atom. The third kappa shape index (κ3) is 2.49. The Morgan fingerprint density at radius 1 is 1.60 bits per heavy atom. The maximum atomic E-state index is 11.4. The molecule has 0 spiro atoms. The maximum Gasteiger partial charge on any atom is 0.238 e. The SMILES string of the molecule is O=C1CSC(=S)N1CCS(=O)(=O)C1CO1. The van der Waals surface area contributed by atoms with Crippen molar-refractivity contribution in [2.45, 2.75) is 5.44 Å². The van der Waals surface area contributed by atoms with E-state index in [1.165, 1.54) is 16.7 Å². The van der Waals surface area contributed by atoms with Gasteiger partial charge in [-0.25, -0.2) is 8.42 Å². The Hall–Kier alpha value is -0.180. The van der Waals surface area contributed by atoms with Crippen molar-refractivity contribution in [2.24, 2.45) is 0 Å². The molecule has 0 aromatic rings. The first-order chi connectivity index (χ1) is 7.00. The van der Waals surface area contributed by atoms with E-state index in [9.17, 15) is 13.2 Å². The molecule has 0 aromatic heterocycles. The van der Waals surface area contributed by atoms with Crippen molar-refractivity contribution in [3.63, 3.8) is 0 Å². The normalized spacial score (nSPS) is 26.1. The number of amides is 1. The van der Waals surface area contributed by atoms with Gasteiger partial charge in [0.25, 0.3) is 0 Å². The highest BCUT2D eigenvalue weighted by Crippen LogP contribution is 2.21. The third-order valence-corrected chi connectivity index (χ3v) is 5.40. The lowest BCUT2D eigenvalue weighted by Crippen LogP contribution is -2.34. The van der Waals surface area contributed by atoms with Gasteiger partial charge < -0.3 is 4.74 Å². The van der Waals surface area contributed by atoms with Crippen LogP contribution in [0.3, 0.4) is 0 Å². The van der Waals surface area contributed by atoms with Crippen molar-refractivity contribution in [3.8, 4) is 0 Å². The summed E-state index contributed by atoms with van der Waals surface area (Å²) in [7, 11) is -3.21. The molecule has 2 aliphatic heterocycles. The first-order valence-electron chi connectivity index (χ1n) is 4.31. The molecule has 2 heterocycles. The number of carbonyl (C=O) groups excluding carboxylic acids is 1. The zero-order valence-electron chi connectivity index (χ0n) is 7.71. The van der Waals surface area contributed by atoms with E-state index in [4.69, 9.17) is 17.0 Å². The lowest BCUT2D eigenvalue weighted by atomic mass is 10.5. The molecule has 2 rings (SSSR count). The van der Waals surface area contributed by atoms with Crippen molar-refractivity contribution in [1.29, 1.82) is 0 Å². The minimum atomic E-state index is -3.21. The first kappa shape index (κ1) is 11.3. The van der Waals surface area contributed by atoms with Crippen molar-refractivity contribution in [2.75, 3.05) is 24.7 Å². The van der Waals surface area contributed by atoms with Gasteiger partial charge >= 0.3 is 0 Å². The zero-order valence-corrected chi connectivity index (χ0v) is 10.2. The van der Waals surface area contributed by atoms with Crippen molar-refractivity contribution in [1.82, 2.24) is 4.90 Å². The molecule has 2 fully saturated rings. The summed E-state index contributed by atoms with van der Waals surface area (Å²) in [5.74, 6) is 0.125. The van der Waals surface area contributed by atoms with Gasteiger partial charge in [-0.3, -0.25) is 9.69 Å². The molecule has 84 valence electrons. The number of epoxide rings is 1. The Bertz CT molecular complexity index is 384. The highest BCUT2D eigenvalue weighted by atomic mass is 32.2. The van der Waals surface area contributed by atoms with Gasteiger partial charge in [0.05, 0.1) is 18.1 Å². The van der Waals surface area contributed by atoms with Crippen molar-refractivity contribution in [3.05, 3.63) is 0 Å². The minimum absolute atomic E-state index is 0.0793. The summed E-state index contributed by atoms with van der Waals surface area (Å²) in [4.78, 5) is 12.6. The number of rotatable bonds is 4. The van der Waals surface area contributed by atoms with Crippen LogP contribution in [0.2, 0.25) is 0 Å². The van der Waals surface area contributed by atoms with Gasteiger partial charge in [0.15, 0.2) is 15.3 Å². The van der Waals surface area contributed by atoms with Gasteiger partial charge in [0.2, 0.25) is 5.91 Å². The molecule has 0 radical (unpaired) electrons. The predicted octanol–water partition coefficient (Wildman–Crippen LogP) is -0.382. The van der Waals surface area contributed by atoms with Crippen LogP contribution < -0.4 is 0 Å². The topological polar surface area (TPSA) is 67.0 Å². The van der Waals surface area contributed by atoms with Gasteiger partial charge in [0.1, 0.15) is 4.32 Å². The smallest absolute Gasteiger partial charge is 0.238 e. The van der Waals surface area contributed by atoms with Crippen LogP contribution >= 0.6 is 24.0 Å². The molecule has 0 bridgehead atoms. The number of nitrogens with zero attached hydrogens (tertiary/aromatic N) is 1. The van der Waals surface area contributed by atoms with Crippen LogP contribution in [0.5, 0.6) is 0 Å². The number of hydrogen-bond donors (Lipinski definition) is 0. The number of thioether (sulfide) groups is 1. The Morgan fingerprint density at radius 2 is 2.27 bits per heavy atom. The van der Waals surface area contributed by atoms with Crippen molar-refractivity contribution < 1.29 is 17.9 Å². The van der Waals surface area contributed by atoms with Crippen LogP contribution in [-0.2, 0) is 19.4 Å². The lowest BCUT2D eigenvalue weighted by Gasteiger charge is -2.13. The fraction of sp³-hybridized carbons (Fsp3) is 0.714. The summed E-state index contributed by atoms with van der Waals surface area (Å²) in [5, 5.41) is 0. The molecule has 0 aliphatic carbocycles. The Labute approximate surface area is 97.1 Å². The highest BCUT2D eigenvalue weighted by Gasteiger charge is 2.38. The molecular formula is C7H9NO4S3. The quantitative estimate of drug-likeness (QED) is 0.511. The second-order valence-electron chi connectivity index (χ2n) is 3.23. The van der Waals surface area contributed by atoms with E-state index in [0.29, 0.717) is 10.1 Å². The van der Waals surface area contributed by atoms with Crippen LogP contribution in [-0.4, -0.2) is 53.6 Å². The largest absolute Gasteiger partial charge is 0.356 e. The summed E-state index contributed by atoms with van der Waals surface area (Å²) in [6, 6.07) is 0. The third-order valence-electron chi connectivity index (χ3n) is 2.14. The van der Waals surface area contributed by atoms with Crippen LogP contribution in [0.4, 0.5) is 0 Å². The molecule has 0 saturated carbocycles. The molecule has 1 atom stereocenters. The average Bonchev–Trinajstić information content (AvgIpc) is 2.94. The Kier molecular flexibility index (Phi) is 3.02. The van der Waals surface area contributed by atoms with E-state index in [1.807, 2.05) is 0 Å². The standard InChI is InChI=1S/C7H9NO4S3/c9-5-4-14-7(13)8(5)1-2-15(10,11)6-3-12-6/h6H,1-4H2. The van der Waals surface area contributed by atoms with E-state index < -0.39 is 15.3 Å². The van der Waals surface area contributed by atoms with E-state index >= 15 is 0 Å². The van der Waals surface area contributed by atoms with Crippen molar-refractivity contribution >= 4 is 44.0 Å². The number of thiocarbonyl (C=S) groups is 1. The molecule has 2 aliphatic rings. The number of sulfone groups is 1. The number of ether oxygens (including phenoxy) is 1. The van der Waals surface area contributed by atoms with Gasteiger partial charge in [-0.1, -0.05) is 24.0 Å². The Balaban J connectivity index is 1.92. The summed E-state index contributed by atoms with van der Waals surface area (Å²) in [5.41, 5.74) is -0.656. The maximum absolute atomic E-state index is 11.4. The molecule has 8 heteroatoms. The van der Waals surface area contributed by atoms with Gasteiger partial charge in [-0.05, 0) is 0 Å². The number of hydrogen-bond acceptors (Lipinski definition) is 6. The monoisotopic (exact) mass is 267 g/mol. The van der Waals surface area contributed by atoms with E-state index in [0.717, 1.165) is 0 Å². The lowest BCUT2D eigenvalue weighted by molar-refractivity contribution is -0.123.